The molecule has 2 aromatic heterocycles. The largest absolute Gasteiger partial charge is 0.349 e. The Morgan fingerprint density at radius 3 is 2.62 bits per heavy atom. The molecule has 6 heteroatoms. The molecule has 0 aliphatic heterocycles. The number of amides is 1. The van der Waals surface area contributed by atoms with E-state index in [0.717, 1.165) is 17.7 Å². The van der Waals surface area contributed by atoms with Crippen LogP contribution in [0.25, 0.3) is 0 Å². The topological polar surface area (TPSA) is 72.7 Å². The highest BCUT2D eigenvalue weighted by Crippen LogP contribution is 2.10. The predicted molar refractivity (Wildman–Crippen MR) is 80.0 cm³/mol. The fourth-order valence-corrected chi connectivity index (χ4v) is 1.74. The predicted octanol–water partition coefficient (Wildman–Crippen LogP) is 1.71. The van der Waals surface area contributed by atoms with Crippen LogP contribution in [0, 0.1) is 6.92 Å². The van der Waals surface area contributed by atoms with Gasteiger partial charge in [-0.1, -0.05) is 6.07 Å². The van der Waals surface area contributed by atoms with Crippen LogP contribution in [0.4, 0.5) is 0 Å². The second-order valence-corrected chi connectivity index (χ2v) is 6.00. The van der Waals surface area contributed by atoms with E-state index in [2.05, 4.69) is 20.4 Å². The number of nitrogens with one attached hydrogen (secondary N) is 1. The Morgan fingerprint density at radius 1 is 1.29 bits per heavy atom. The van der Waals surface area contributed by atoms with Gasteiger partial charge in [-0.3, -0.25) is 9.78 Å². The highest BCUT2D eigenvalue weighted by Gasteiger charge is 2.18. The van der Waals surface area contributed by atoms with Gasteiger partial charge < -0.3 is 5.32 Å². The molecule has 112 valence electrons. The second kappa shape index (κ2) is 6.03. The number of nitrogens with zero attached hydrogens (tertiary/aromatic N) is 4. The van der Waals surface area contributed by atoms with Gasteiger partial charge in [-0.25, -0.2) is 9.67 Å². The van der Waals surface area contributed by atoms with Gasteiger partial charge in [0.05, 0.1) is 5.54 Å². The molecule has 0 spiro atoms. The van der Waals surface area contributed by atoms with Crippen molar-refractivity contribution >= 4 is 5.91 Å². The third-order valence-corrected chi connectivity index (χ3v) is 3.05. The first-order valence-corrected chi connectivity index (χ1v) is 6.98. The molecule has 2 heterocycles. The lowest BCUT2D eigenvalue weighted by molar-refractivity contribution is 0.0943. The number of pyridine rings is 1. The van der Waals surface area contributed by atoms with Crippen molar-refractivity contribution in [2.45, 2.75) is 39.7 Å². The van der Waals surface area contributed by atoms with Crippen LogP contribution in [0.15, 0.2) is 24.7 Å². The minimum Gasteiger partial charge on any atom is -0.349 e. The maximum atomic E-state index is 12.0. The Bertz CT molecular complexity index is 610. The molecule has 0 fully saturated rings. The molecule has 21 heavy (non-hydrogen) atoms. The Labute approximate surface area is 124 Å². The van der Waals surface area contributed by atoms with Crippen LogP contribution < -0.4 is 5.32 Å². The van der Waals surface area contributed by atoms with Crippen LogP contribution in [0.5, 0.6) is 0 Å². The maximum Gasteiger partial charge on any atom is 0.290 e. The van der Waals surface area contributed by atoms with Gasteiger partial charge in [-0.05, 0) is 45.7 Å². The average Bonchev–Trinajstić information content (AvgIpc) is 2.90. The van der Waals surface area contributed by atoms with Crippen LogP contribution in [-0.2, 0) is 12.0 Å². The van der Waals surface area contributed by atoms with Crippen molar-refractivity contribution in [1.82, 2.24) is 25.1 Å². The summed E-state index contributed by atoms with van der Waals surface area (Å²) in [6.07, 6.45) is 4.14. The molecule has 2 aromatic rings. The summed E-state index contributed by atoms with van der Waals surface area (Å²) in [5.41, 5.74) is 1.90. The van der Waals surface area contributed by atoms with E-state index in [1.807, 2.05) is 46.0 Å². The molecule has 0 unspecified atom stereocenters. The van der Waals surface area contributed by atoms with Crippen molar-refractivity contribution in [3.8, 4) is 0 Å². The van der Waals surface area contributed by atoms with Crippen LogP contribution in [0.2, 0.25) is 0 Å². The summed E-state index contributed by atoms with van der Waals surface area (Å²) in [5, 5.41) is 7.02. The minimum atomic E-state index is -0.252. The van der Waals surface area contributed by atoms with Crippen molar-refractivity contribution < 1.29 is 4.79 Å². The van der Waals surface area contributed by atoms with E-state index in [1.165, 1.54) is 0 Å². The van der Waals surface area contributed by atoms with E-state index < -0.39 is 0 Å². The molecule has 0 aliphatic rings. The van der Waals surface area contributed by atoms with Crippen LogP contribution >= 0.6 is 0 Å². The van der Waals surface area contributed by atoms with E-state index in [9.17, 15) is 4.79 Å². The summed E-state index contributed by atoms with van der Waals surface area (Å²) in [5.74, 6) is -0.0509. The Hall–Kier alpha value is -2.24. The molecule has 1 amide bonds. The molecule has 0 atom stereocenters. The molecule has 0 bridgehead atoms. The number of aromatic nitrogens is 4. The number of carbonyl (C=O) groups is 1. The van der Waals surface area contributed by atoms with E-state index in [-0.39, 0.29) is 17.3 Å². The monoisotopic (exact) mass is 287 g/mol. The number of hydrogen-bond donors (Lipinski definition) is 1. The first-order valence-electron chi connectivity index (χ1n) is 6.98. The molecular weight excluding hydrogens is 266 g/mol. The van der Waals surface area contributed by atoms with E-state index in [1.54, 1.807) is 11.0 Å². The highest BCUT2D eigenvalue weighted by molar-refractivity contribution is 5.90. The number of aryl methyl sites for hydroxylation is 1. The molecule has 0 aliphatic carbocycles. The van der Waals surface area contributed by atoms with Gasteiger partial charge in [-0.2, -0.15) is 0 Å². The van der Waals surface area contributed by atoms with Crippen molar-refractivity contribution in [2.24, 2.45) is 0 Å². The molecular formula is C15H21N5O. The van der Waals surface area contributed by atoms with Crippen molar-refractivity contribution in [3.63, 3.8) is 0 Å². The summed E-state index contributed by atoms with van der Waals surface area (Å²) in [4.78, 5) is 20.2. The number of carbonyl (C=O) groups excluding carboxylic acids is 1. The maximum absolute atomic E-state index is 12.0. The van der Waals surface area contributed by atoms with Gasteiger partial charge in [0.25, 0.3) is 5.91 Å². The van der Waals surface area contributed by atoms with Gasteiger partial charge in [0, 0.05) is 18.4 Å². The summed E-state index contributed by atoms with van der Waals surface area (Å²) in [6.45, 7) is 8.51. The zero-order valence-electron chi connectivity index (χ0n) is 12.9. The van der Waals surface area contributed by atoms with Crippen LogP contribution in [-0.4, -0.2) is 32.2 Å². The van der Waals surface area contributed by atoms with Crippen LogP contribution in [0.3, 0.4) is 0 Å². The normalized spacial score (nSPS) is 11.4. The zero-order chi connectivity index (χ0) is 15.5. The molecule has 6 nitrogen and oxygen atoms in total. The van der Waals surface area contributed by atoms with Crippen molar-refractivity contribution in [3.05, 3.63) is 41.7 Å². The molecule has 1 N–H and O–H groups in total. The highest BCUT2D eigenvalue weighted by atomic mass is 16.2. The quantitative estimate of drug-likeness (QED) is 0.929. The summed E-state index contributed by atoms with van der Waals surface area (Å²) >= 11 is 0. The second-order valence-electron chi connectivity index (χ2n) is 6.00. The van der Waals surface area contributed by atoms with E-state index in [0.29, 0.717) is 6.54 Å². The van der Waals surface area contributed by atoms with Gasteiger partial charge in [0.1, 0.15) is 6.33 Å². The third kappa shape index (κ3) is 4.11. The minimum absolute atomic E-state index is 0.181. The first-order chi connectivity index (χ1) is 9.86. The Morgan fingerprint density at radius 2 is 2.05 bits per heavy atom. The van der Waals surface area contributed by atoms with Crippen molar-refractivity contribution in [2.75, 3.05) is 6.54 Å². The molecule has 0 radical (unpaired) electrons. The van der Waals surface area contributed by atoms with Gasteiger partial charge in [0.2, 0.25) is 5.82 Å². The third-order valence-electron chi connectivity index (χ3n) is 3.05. The molecule has 2 rings (SSSR count). The lowest BCUT2D eigenvalue weighted by Gasteiger charge is -2.17. The van der Waals surface area contributed by atoms with E-state index in [4.69, 9.17) is 0 Å². The zero-order valence-corrected chi connectivity index (χ0v) is 12.9. The summed E-state index contributed by atoms with van der Waals surface area (Å²) < 4.78 is 1.69. The standard InChI is InChI=1S/C15H21N5O/c1-11-5-6-12(9-17-11)7-8-16-14(21)13-18-10-20(19-13)15(2,3)4/h5-6,9-10H,7-8H2,1-4H3,(H,16,21). The average molecular weight is 287 g/mol. The fraction of sp³-hybridized carbons (Fsp3) is 0.467. The molecule has 0 saturated carbocycles. The van der Waals surface area contributed by atoms with Gasteiger partial charge >= 0.3 is 0 Å². The first kappa shape index (κ1) is 15.2. The molecule has 0 aromatic carbocycles. The SMILES string of the molecule is Cc1ccc(CCNC(=O)c2ncn(C(C)(C)C)n2)cn1. The van der Waals surface area contributed by atoms with Gasteiger partial charge in [-0.15, -0.1) is 5.10 Å². The van der Waals surface area contributed by atoms with Crippen LogP contribution in [0.1, 0.15) is 42.6 Å². The summed E-state index contributed by atoms with van der Waals surface area (Å²) in [7, 11) is 0. The van der Waals surface area contributed by atoms with Crippen molar-refractivity contribution in [1.29, 1.82) is 0 Å². The number of rotatable bonds is 4. The van der Waals surface area contributed by atoms with Gasteiger partial charge in [0.15, 0.2) is 0 Å². The lowest BCUT2D eigenvalue weighted by Crippen LogP contribution is -2.28. The summed E-state index contributed by atoms with van der Waals surface area (Å²) in [6, 6.07) is 3.98. The Kier molecular flexibility index (Phi) is 4.35. The fourth-order valence-electron chi connectivity index (χ4n) is 1.74. The molecule has 0 saturated heterocycles. The smallest absolute Gasteiger partial charge is 0.290 e. The van der Waals surface area contributed by atoms with E-state index >= 15 is 0 Å². The number of hydrogen-bond acceptors (Lipinski definition) is 4. The Balaban J connectivity index is 1.87. The lowest BCUT2D eigenvalue weighted by atomic mass is 10.1.